The Labute approximate surface area is 153 Å². The molecule has 0 heterocycles. The van der Waals surface area contributed by atoms with Gasteiger partial charge in [0.2, 0.25) is 0 Å². The van der Waals surface area contributed by atoms with Crippen LogP contribution in [0.5, 0.6) is 0 Å². The Bertz CT molecular complexity index is 348. The van der Waals surface area contributed by atoms with Crippen molar-refractivity contribution in [2.45, 2.75) is 53.6 Å². The summed E-state index contributed by atoms with van der Waals surface area (Å²) < 4.78 is 0. The molecule has 2 aliphatic carbocycles. The van der Waals surface area contributed by atoms with Crippen molar-refractivity contribution in [2.24, 2.45) is 0 Å². The molecule has 0 nitrogen and oxygen atoms in total. The van der Waals surface area contributed by atoms with Crippen LogP contribution in [-0.2, 0) is 23.3 Å². The number of allylic oxidation sites excluding steroid dienone is 8. The van der Waals surface area contributed by atoms with Gasteiger partial charge in [-0.05, 0) is 0 Å². The van der Waals surface area contributed by atoms with E-state index in [9.17, 15) is 0 Å². The van der Waals surface area contributed by atoms with Crippen molar-refractivity contribution in [1.82, 2.24) is 0 Å². The van der Waals surface area contributed by atoms with Gasteiger partial charge in [0, 0.05) is 0 Å². The first-order chi connectivity index (χ1) is 8.34. The normalized spacial score (nSPS) is 14.8. The third-order valence-electron chi connectivity index (χ3n) is 2.73. The van der Waals surface area contributed by atoms with Crippen LogP contribution in [0.1, 0.15) is 40.5 Å². The molecule has 2 rings (SSSR count). The maximum absolute atomic E-state index is 3.19. The van der Waals surface area contributed by atoms with E-state index >= 15 is 0 Å². The van der Waals surface area contributed by atoms with Gasteiger partial charge in [-0.15, -0.1) is 26.7 Å². The fourth-order valence-electron chi connectivity index (χ4n) is 1.30. The fourth-order valence-corrected chi connectivity index (χ4v) is 1.30. The molecule has 0 spiro atoms. The van der Waals surface area contributed by atoms with E-state index in [1.165, 1.54) is 22.3 Å². The molecule has 0 bridgehead atoms. The summed E-state index contributed by atoms with van der Waals surface area (Å²) in [6.07, 6.45) is 12.8. The molecule has 0 amide bonds. The molecular weight excluding hydrogens is 382 g/mol. The molecule has 0 unspecified atom stereocenters. The molecule has 0 aliphatic heterocycles. The summed E-state index contributed by atoms with van der Waals surface area (Å²) in [6.45, 7) is 13.0. The molecule has 0 aromatic carbocycles. The van der Waals surface area contributed by atoms with Gasteiger partial charge in [0.1, 0.15) is 0 Å². The van der Waals surface area contributed by atoms with Gasteiger partial charge in [-0.2, -0.15) is 12.2 Å². The van der Waals surface area contributed by atoms with Crippen LogP contribution < -0.4 is 24.8 Å². The van der Waals surface area contributed by atoms with E-state index in [4.69, 9.17) is 0 Å². The van der Waals surface area contributed by atoms with E-state index in [1.54, 1.807) is 23.3 Å². The minimum atomic E-state index is 0. The van der Waals surface area contributed by atoms with Gasteiger partial charge in [0.05, 0.1) is 0 Å². The first kappa shape index (κ1) is 25.6. The van der Waals surface area contributed by atoms with Crippen LogP contribution in [0, 0.1) is 12.2 Å². The largest absolute Gasteiger partial charge is 1.00 e. The molecule has 0 saturated heterocycles. The molecule has 2 aliphatic rings. The van der Waals surface area contributed by atoms with Gasteiger partial charge in [0.15, 0.2) is 0 Å². The minimum absolute atomic E-state index is 0. The van der Waals surface area contributed by atoms with Gasteiger partial charge in [-0.1, -0.05) is 13.8 Å². The van der Waals surface area contributed by atoms with Crippen molar-refractivity contribution in [3.63, 3.8) is 0 Å². The van der Waals surface area contributed by atoms with Crippen molar-refractivity contribution < 1.29 is 48.1 Å². The van der Waals surface area contributed by atoms with E-state index in [2.05, 4.69) is 65.1 Å². The van der Waals surface area contributed by atoms with E-state index in [1.807, 2.05) is 0 Å². The van der Waals surface area contributed by atoms with E-state index in [0.29, 0.717) is 0 Å². The second-order valence-corrected chi connectivity index (χ2v) is 14.2. The van der Waals surface area contributed by atoms with Gasteiger partial charge >= 0.3 is 41.9 Å². The molecule has 0 aromatic rings. The van der Waals surface area contributed by atoms with Crippen LogP contribution in [0.3, 0.4) is 0 Å². The Balaban J connectivity index is -0.000000215. The molecule has 4 heteroatoms. The molecule has 0 fully saturated rings. The predicted molar refractivity (Wildman–Crippen MR) is 79.1 cm³/mol. The Morgan fingerprint density at radius 1 is 0.850 bits per heavy atom. The second-order valence-electron chi connectivity index (χ2n) is 4.79. The summed E-state index contributed by atoms with van der Waals surface area (Å²) in [5.41, 5.74) is 5.63. The second kappa shape index (κ2) is 14.6. The number of hydrogen-bond acceptors (Lipinski definition) is 0. The standard InChI is InChI=1S/2C7H9.C2H6Si.2ClH.Zr/c2*1-6-4-3-5-7(6)2;1-3-2;;;/h2*4H,3H2,1-2H3;1-2H3;2*1H;/q2*-1;;;;+2/p-2. The smallest absolute Gasteiger partial charge is 1.00 e. The summed E-state index contributed by atoms with van der Waals surface area (Å²) >= 11 is 1.74. The maximum Gasteiger partial charge on any atom is -1.00 e. The van der Waals surface area contributed by atoms with Gasteiger partial charge < -0.3 is 24.8 Å². The number of halogens is 2. The van der Waals surface area contributed by atoms with Crippen LogP contribution in [0.4, 0.5) is 0 Å². The van der Waals surface area contributed by atoms with Crippen LogP contribution in [0.2, 0.25) is 13.1 Å². The Morgan fingerprint density at radius 2 is 1.10 bits per heavy atom. The van der Waals surface area contributed by atoms with Gasteiger partial charge in [0.25, 0.3) is 0 Å². The topological polar surface area (TPSA) is 0 Å². The zero-order valence-corrected chi connectivity index (χ0v) is 18.3. The Kier molecular flexibility index (Phi) is 18.6. The van der Waals surface area contributed by atoms with Crippen molar-refractivity contribution in [2.75, 3.05) is 0 Å². The first-order valence-electron chi connectivity index (χ1n) is 6.35. The molecule has 20 heavy (non-hydrogen) atoms. The van der Waals surface area contributed by atoms with Crippen molar-refractivity contribution in [3.05, 3.63) is 46.6 Å². The third-order valence-corrected chi connectivity index (χ3v) is 2.73. The summed E-state index contributed by atoms with van der Waals surface area (Å²) in [6, 6.07) is 0. The Morgan fingerprint density at radius 3 is 1.15 bits per heavy atom. The van der Waals surface area contributed by atoms with Crippen molar-refractivity contribution in [3.8, 4) is 0 Å². The molecule has 0 aromatic heterocycles. The fraction of sp³-hybridized carbons (Fsp3) is 0.500. The number of hydrogen-bond donors (Lipinski definition) is 0. The molecule has 0 saturated carbocycles. The zero-order valence-electron chi connectivity index (χ0n) is 13.3. The van der Waals surface area contributed by atoms with Gasteiger partial charge in [-0.25, -0.2) is 22.3 Å². The summed E-state index contributed by atoms with van der Waals surface area (Å²) in [5.74, 6) is 0. The monoisotopic (exact) mass is 404 g/mol. The van der Waals surface area contributed by atoms with E-state index in [0.717, 1.165) is 12.8 Å². The quantitative estimate of drug-likeness (QED) is 0.356. The van der Waals surface area contributed by atoms with Crippen LogP contribution in [-0.4, -0.2) is 5.43 Å². The minimum Gasteiger partial charge on any atom is -1.00 e. The maximum atomic E-state index is 3.19. The molecular formula is C16H24Cl2SiZr-2. The average Bonchev–Trinajstić information content (AvgIpc) is 2.79. The zero-order chi connectivity index (χ0) is 14.1. The van der Waals surface area contributed by atoms with Crippen molar-refractivity contribution >= 4 is 5.43 Å². The van der Waals surface area contributed by atoms with E-state index < -0.39 is 0 Å². The molecule has 0 atom stereocenters. The summed E-state index contributed by atoms with van der Waals surface area (Å²) in [7, 11) is 0. The van der Waals surface area contributed by atoms with Crippen LogP contribution in [0.15, 0.2) is 34.4 Å². The number of rotatable bonds is 0. The first-order valence-corrected chi connectivity index (χ1v) is 12.5. The molecule has 112 valence electrons. The van der Waals surface area contributed by atoms with Gasteiger partial charge in [-0.3, -0.25) is 12.2 Å². The SMILES string of the molecule is CC1=[C-]CC=C1C.CC1=[C-]CC=C1C.C[Si](C)=[Zr+2].[Cl-].[Cl-]. The predicted octanol–water partition coefficient (Wildman–Crippen LogP) is -1.04. The van der Waals surface area contributed by atoms with Crippen LogP contribution >= 0.6 is 0 Å². The van der Waals surface area contributed by atoms with Crippen molar-refractivity contribution in [1.29, 1.82) is 0 Å². The molecule has 0 N–H and O–H groups in total. The van der Waals surface area contributed by atoms with Crippen LogP contribution in [0.25, 0.3) is 0 Å². The third kappa shape index (κ3) is 13.6. The van der Waals surface area contributed by atoms with E-state index in [-0.39, 0.29) is 30.2 Å². The molecule has 0 radical (unpaired) electrons. The average molecular weight is 407 g/mol. The Hall–Kier alpha value is 0.640. The summed E-state index contributed by atoms with van der Waals surface area (Å²) in [5, 5.41) is 0. The summed E-state index contributed by atoms with van der Waals surface area (Å²) in [4.78, 5) is 0.